The van der Waals surface area contributed by atoms with Crippen molar-refractivity contribution in [1.29, 1.82) is 0 Å². The number of nitrogens with zero attached hydrogens (tertiary/aromatic N) is 5. The van der Waals surface area contributed by atoms with E-state index in [1.54, 1.807) is 12.1 Å². The van der Waals surface area contributed by atoms with Crippen molar-refractivity contribution in [3.05, 3.63) is 72.0 Å². The zero-order chi connectivity index (χ0) is 23.5. The van der Waals surface area contributed by atoms with Gasteiger partial charge in [0.05, 0.1) is 11.6 Å². The molecule has 2 aliphatic rings. The topological polar surface area (TPSA) is 52.6 Å². The number of carbonyl (C=O) groups is 1. The fourth-order valence-corrected chi connectivity index (χ4v) is 4.92. The van der Waals surface area contributed by atoms with E-state index in [1.165, 1.54) is 23.4 Å². The summed E-state index contributed by atoms with van der Waals surface area (Å²) in [6.07, 6.45) is 1.87. The highest BCUT2D eigenvalue weighted by Crippen LogP contribution is 2.26. The molecule has 1 aromatic heterocycles. The van der Waals surface area contributed by atoms with Crippen LogP contribution in [0, 0.1) is 18.7 Å². The molecule has 0 aliphatic carbocycles. The van der Waals surface area contributed by atoms with E-state index in [4.69, 9.17) is 0 Å². The Kier molecular flexibility index (Phi) is 6.43. The Morgan fingerprint density at radius 1 is 0.912 bits per heavy atom. The molecule has 7 heteroatoms. The third kappa shape index (κ3) is 4.88. The van der Waals surface area contributed by atoms with E-state index in [1.807, 2.05) is 17.0 Å². The highest BCUT2D eigenvalue weighted by Gasteiger charge is 2.31. The molecule has 0 saturated carbocycles. The van der Waals surface area contributed by atoms with Gasteiger partial charge in [0.25, 0.3) is 0 Å². The van der Waals surface area contributed by atoms with Crippen LogP contribution in [0.5, 0.6) is 0 Å². The molecule has 2 saturated heterocycles. The minimum Gasteiger partial charge on any atom is -0.368 e. The molecule has 0 radical (unpaired) electrons. The van der Waals surface area contributed by atoms with Crippen molar-refractivity contribution in [2.75, 3.05) is 49.1 Å². The van der Waals surface area contributed by atoms with Gasteiger partial charge in [0.1, 0.15) is 5.82 Å². The average Bonchev–Trinajstić information content (AvgIpc) is 2.89. The minimum atomic E-state index is -0.270. The fraction of sp³-hybridized carbons (Fsp3) is 0.370. The van der Waals surface area contributed by atoms with Crippen LogP contribution in [-0.4, -0.2) is 60.3 Å². The van der Waals surface area contributed by atoms with Crippen LogP contribution in [0.2, 0.25) is 0 Å². The van der Waals surface area contributed by atoms with Crippen molar-refractivity contribution in [2.24, 2.45) is 5.92 Å². The average molecular weight is 460 g/mol. The van der Waals surface area contributed by atoms with Gasteiger partial charge in [0.2, 0.25) is 5.91 Å². The van der Waals surface area contributed by atoms with Crippen LogP contribution in [-0.2, 0) is 4.79 Å². The number of piperidine rings is 1. The molecule has 0 spiro atoms. The van der Waals surface area contributed by atoms with E-state index < -0.39 is 0 Å². The van der Waals surface area contributed by atoms with Crippen molar-refractivity contribution < 1.29 is 9.18 Å². The van der Waals surface area contributed by atoms with Crippen molar-refractivity contribution in [3.8, 4) is 11.3 Å². The van der Waals surface area contributed by atoms with Crippen LogP contribution >= 0.6 is 0 Å². The second-order valence-corrected chi connectivity index (χ2v) is 9.22. The number of carbonyl (C=O) groups excluding carboxylic acids is 1. The Morgan fingerprint density at radius 3 is 2.41 bits per heavy atom. The van der Waals surface area contributed by atoms with E-state index in [0.717, 1.165) is 56.9 Å². The van der Waals surface area contributed by atoms with Gasteiger partial charge >= 0.3 is 0 Å². The first-order chi connectivity index (χ1) is 16.6. The molecule has 6 nitrogen and oxygen atoms in total. The molecule has 0 bridgehead atoms. The maximum atomic E-state index is 13.3. The van der Waals surface area contributed by atoms with E-state index >= 15 is 0 Å². The number of aromatic nitrogens is 2. The Balaban J connectivity index is 1.19. The van der Waals surface area contributed by atoms with Gasteiger partial charge in [-0.25, -0.2) is 4.39 Å². The molecule has 3 aromatic rings. The Morgan fingerprint density at radius 2 is 1.71 bits per heavy atom. The molecule has 0 N–H and O–H groups in total. The lowest BCUT2D eigenvalue weighted by Crippen LogP contribution is -2.52. The molecule has 2 aliphatic heterocycles. The Hall–Kier alpha value is -3.48. The van der Waals surface area contributed by atoms with Gasteiger partial charge in [-0.3, -0.25) is 4.79 Å². The van der Waals surface area contributed by atoms with Crippen molar-refractivity contribution in [1.82, 2.24) is 15.1 Å². The smallest absolute Gasteiger partial charge is 0.227 e. The molecule has 176 valence electrons. The lowest BCUT2D eigenvalue weighted by atomic mass is 9.96. The van der Waals surface area contributed by atoms with Gasteiger partial charge in [-0.2, -0.15) is 0 Å². The largest absolute Gasteiger partial charge is 0.368 e. The van der Waals surface area contributed by atoms with E-state index in [2.05, 4.69) is 51.2 Å². The molecule has 1 amide bonds. The predicted molar refractivity (Wildman–Crippen MR) is 132 cm³/mol. The summed E-state index contributed by atoms with van der Waals surface area (Å²) in [5, 5.41) is 8.75. The van der Waals surface area contributed by atoms with Crippen molar-refractivity contribution in [2.45, 2.75) is 19.8 Å². The van der Waals surface area contributed by atoms with Crippen molar-refractivity contribution >= 4 is 17.4 Å². The summed E-state index contributed by atoms with van der Waals surface area (Å²) in [5.74, 6) is 0.754. The number of piperazine rings is 1. The molecule has 2 aromatic carbocycles. The molecular weight excluding hydrogens is 429 g/mol. The second kappa shape index (κ2) is 9.79. The summed E-state index contributed by atoms with van der Waals surface area (Å²) >= 11 is 0. The quantitative estimate of drug-likeness (QED) is 0.587. The van der Waals surface area contributed by atoms with Gasteiger partial charge < -0.3 is 14.7 Å². The number of benzene rings is 2. The summed E-state index contributed by atoms with van der Waals surface area (Å²) < 4.78 is 13.2. The van der Waals surface area contributed by atoms with Crippen LogP contribution in [0.1, 0.15) is 18.4 Å². The summed E-state index contributed by atoms with van der Waals surface area (Å²) in [6.45, 7) is 6.89. The monoisotopic (exact) mass is 459 g/mol. The van der Waals surface area contributed by atoms with Crippen LogP contribution in [0.25, 0.3) is 11.3 Å². The standard InChI is InChI=1S/C27H30FN5O/c1-20-4-2-6-24(18-20)31-14-16-32(17-15-31)27(34)22-5-3-13-33(19-22)26-12-11-25(29-30-26)21-7-9-23(28)10-8-21/h2,4,6-12,18,22H,3,5,13-17,19H2,1H3. The minimum absolute atomic E-state index is 0.0159. The summed E-state index contributed by atoms with van der Waals surface area (Å²) in [5.41, 5.74) is 4.03. The molecule has 34 heavy (non-hydrogen) atoms. The lowest BCUT2D eigenvalue weighted by molar-refractivity contribution is -0.136. The highest BCUT2D eigenvalue weighted by molar-refractivity contribution is 5.80. The Bertz CT molecular complexity index is 1130. The van der Waals surface area contributed by atoms with Crippen LogP contribution in [0.3, 0.4) is 0 Å². The van der Waals surface area contributed by atoms with Gasteiger partial charge in [-0.1, -0.05) is 12.1 Å². The van der Waals surface area contributed by atoms with E-state index in [9.17, 15) is 9.18 Å². The first-order valence-electron chi connectivity index (χ1n) is 12.0. The summed E-state index contributed by atoms with van der Waals surface area (Å²) in [4.78, 5) is 19.9. The molecule has 5 rings (SSSR count). The van der Waals surface area contributed by atoms with Gasteiger partial charge in [0, 0.05) is 50.5 Å². The first-order valence-corrected chi connectivity index (χ1v) is 12.0. The maximum absolute atomic E-state index is 13.3. The van der Waals surface area contributed by atoms with Crippen LogP contribution in [0.15, 0.2) is 60.7 Å². The third-order valence-electron chi connectivity index (χ3n) is 6.84. The number of hydrogen-bond donors (Lipinski definition) is 0. The molecular formula is C27H30FN5O. The number of hydrogen-bond acceptors (Lipinski definition) is 5. The summed E-state index contributed by atoms with van der Waals surface area (Å²) in [7, 11) is 0. The second-order valence-electron chi connectivity index (χ2n) is 9.22. The van der Waals surface area contributed by atoms with Crippen molar-refractivity contribution in [3.63, 3.8) is 0 Å². The molecule has 1 unspecified atom stereocenters. The Labute approximate surface area is 200 Å². The highest BCUT2D eigenvalue weighted by atomic mass is 19.1. The zero-order valence-electron chi connectivity index (χ0n) is 19.5. The SMILES string of the molecule is Cc1cccc(N2CCN(C(=O)C3CCCN(c4ccc(-c5ccc(F)cc5)nn4)C3)CC2)c1. The van der Waals surface area contributed by atoms with E-state index in [0.29, 0.717) is 12.2 Å². The maximum Gasteiger partial charge on any atom is 0.227 e. The number of rotatable bonds is 4. The van der Waals surface area contributed by atoms with Gasteiger partial charge in [-0.15, -0.1) is 10.2 Å². The number of amides is 1. The van der Waals surface area contributed by atoms with Gasteiger partial charge in [-0.05, 0) is 73.9 Å². The zero-order valence-corrected chi connectivity index (χ0v) is 19.5. The lowest BCUT2D eigenvalue weighted by Gasteiger charge is -2.40. The first kappa shape index (κ1) is 22.3. The fourth-order valence-electron chi connectivity index (χ4n) is 4.92. The van der Waals surface area contributed by atoms with Crippen LogP contribution < -0.4 is 9.80 Å². The molecule has 3 heterocycles. The molecule has 2 fully saturated rings. The molecule has 1 atom stereocenters. The van der Waals surface area contributed by atoms with Gasteiger partial charge in [0.15, 0.2) is 5.82 Å². The number of aryl methyl sites for hydroxylation is 1. The normalized spacial score (nSPS) is 18.8. The van der Waals surface area contributed by atoms with Crippen LogP contribution in [0.4, 0.5) is 15.9 Å². The summed E-state index contributed by atoms with van der Waals surface area (Å²) in [6, 6.07) is 18.7. The van der Waals surface area contributed by atoms with E-state index in [-0.39, 0.29) is 17.6 Å². The number of halogens is 1. The predicted octanol–water partition coefficient (Wildman–Crippen LogP) is 4.16. The third-order valence-corrected chi connectivity index (χ3v) is 6.84. The number of anilines is 2.